The van der Waals surface area contributed by atoms with Gasteiger partial charge in [0.1, 0.15) is 0 Å². The van der Waals surface area contributed by atoms with Gasteiger partial charge in [-0.1, -0.05) is 24.6 Å². The first-order valence-corrected chi connectivity index (χ1v) is 8.07. The van der Waals surface area contributed by atoms with Crippen LogP contribution in [0.15, 0.2) is 23.8 Å². The molecule has 4 aliphatic carbocycles. The summed E-state index contributed by atoms with van der Waals surface area (Å²) >= 11 is 0. The first-order chi connectivity index (χ1) is 9.17. The van der Waals surface area contributed by atoms with Gasteiger partial charge in [0.05, 0.1) is 0 Å². The fourth-order valence-electron chi connectivity index (χ4n) is 5.60. The Morgan fingerprint density at radius 2 is 2.05 bits per heavy atom. The highest BCUT2D eigenvalue weighted by molar-refractivity contribution is 5.91. The van der Waals surface area contributed by atoms with Gasteiger partial charge in [-0.3, -0.25) is 4.79 Å². The zero-order valence-electron chi connectivity index (χ0n) is 11.9. The van der Waals surface area contributed by atoms with Crippen LogP contribution in [-0.2, 0) is 4.79 Å². The third-order valence-electron chi connectivity index (χ3n) is 6.60. The molecular weight excluding hydrogens is 232 g/mol. The Morgan fingerprint density at radius 1 is 1.16 bits per heavy atom. The summed E-state index contributed by atoms with van der Waals surface area (Å²) < 4.78 is 0. The second kappa shape index (κ2) is 4.07. The number of carbonyl (C=O) groups is 1. The number of rotatable bonds is 0. The van der Waals surface area contributed by atoms with Crippen molar-refractivity contribution in [2.24, 2.45) is 29.1 Å². The van der Waals surface area contributed by atoms with E-state index in [1.807, 2.05) is 6.08 Å². The molecule has 2 fully saturated rings. The number of hydrogen-bond acceptors (Lipinski definition) is 1. The monoisotopic (exact) mass is 256 g/mol. The van der Waals surface area contributed by atoms with Crippen molar-refractivity contribution in [2.45, 2.75) is 51.9 Å². The quantitative estimate of drug-likeness (QED) is 0.591. The van der Waals surface area contributed by atoms with Crippen LogP contribution in [-0.4, -0.2) is 5.78 Å². The van der Waals surface area contributed by atoms with Gasteiger partial charge >= 0.3 is 0 Å². The van der Waals surface area contributed by atoms with E-state index in [2.05, 4.69) is 19.1 Å². The molecule has 0 heterocycles. The average Bonchev–Trinajstić information content (AvgIpc) is 2.79. The first-order valence-electron chi connectivity index (χ1n) is 8.07. The number of carbonyl (C=O) groups excluding carboxylic acids is 1. The molecule has 0 bridgehead atoms. The molecule has 0 N–H and O–H groups in total. The van der Waals surface area contributed by atoms with E-state index in [-0.39, 0.29) is 0 Å². The Kier molecular flexibility index (Phi) is 2.56. The van der Waals surface area contributed by atoms with Gasteiger partial charge in [0, 0.05) is 6.42 Å². The molecule has 19 heavy (non-hydrogen) atoms. The lowest BCUT2D eigenvalue weighted by Crippen LogP contribution is -2.44. The molecule has 1 heteroatoms. The van der Waals surface area contributed by atoms with E-state index in [1.165, 1.54) is 37.7 Å². The standard InChI is InChI=1S/C18H24O/c1-18-9-2-3-17(18)16-6-4-12-11-13(19)5-7-14(12)15(16)8-10-18/h2-3,11,14-17H,4-10H2,1H3/t14-,15+,16+,17-,18-/m0/s1. The van der Waals surface area contributed by atoms with Crippen molar-refractivity contribution in [1.29, 1.82) is 0 Å². The third kappa shape index (κ3) is 1.70. The predicted molar refractivity (Wildman–Crippen MR) is 76.6 cm³/mol. The normalized spacial score (nSPS) is 48.3. The third-order valence-corrected chi connectivity index (χ3v) is 6.60. The zero-order chi connectivity index (χ0) is 13.0. The summed E-state index contributed by atoms with van der Waals surface area (Å²) in [5, 5.41) is 0. The molecule has 0 saturated heterocycles. The minimum atomic E-state index is 0.381. The van der Waals surface area contributed by atoms with Crippen molar-refractivity contribution in [3.8, 4) is 0 Å². The zero-order valence-corrected chi connectivity index (χ0v) is 11.9. The largest absolute Gasteiger partial charge is 0.295 e. The number of allylic oxidation sites excluding steroid dienone is 4. The van der Waals surface area contributed by atoms with Gasteiger partial charge in [-0.25, -0.2) is 0 Å². The molecule has 5 atom stereocenters. The molecule has 0 aliphatic heterocycles. The molecule has 0 aromatic heterocycles. The lowest BCUT2D eigenvalue weighted by atomic mass is 9.52. The number of hydrogen-bond donors (Lipinski definition) is 0. The van der Waals surface area contributed by atoms with E-state index < -0.39 is 0 Å². The molecule has 0 aromatic rings. The molecule has 0 unspecified atom stereocenters. The minimum absolute atomic E-state index is 0.381. The molecule has 0 aromatic carbocycles. The summed E-state index contributed by atoms with van der Waals surface area (Å²) in [5.74, 6) is 3.72. The van der Waals surface area contributed by atoms with Gasteiger partial charge in [0.2, 0.25) is 0 Å². The van der Waals surface area contributed by atoms with Crippen molar-refractivity contribution < 1.29 is 4.79 Å². The van der Waals surface area contributed by atoms with Gasteiger partial charge in [0.25, 0.3) is 0 Å². The summed E-state index contributed by atoms with van der Waals surface area (Å²) in [6, 6.07) is 0. The highest BCUT2D eigenvalue weighted by atomic mass is 16.1. The SMILES string of the molecule is C[C@@]12CC=C[C@H]1[C@@H]1CCC3=CC(=O)CC[C@@H]3[C@H]1CC2. The molecule has 1 nitrogen and oxygen atoms in total. The van der Waals surface area contributed by atoms with Crippen molar-refractivity contribution in [2.75, 3.05) is 0 Å². The Bertz CT molecular complexity index is 472. The van der Waals surface area contributed by atoms with Crippen LogP contribution in [0.5, 0.6) is 0 Å². The van der Waals surface area contributed by atoms with Gasteiger partial charge in [-0.2, -0.15) is 0 Å². The lowest BCUT2D eigenvalue weighted by molar-refractivity contribution is -0.115. The van der Waals surface area contributed by atoms with Crippen LogP contribution in [0, 0.1) is 29.1 Å². The van der Waals surface area contributed by atoms with Gasteiger partial charge in [0.15, 0.2) is 5.78 Å². The molecule has 0 radical (unpaired) electrons. The maximum absolute atomic E-state index is 11.6. The Morgan fingerprint density at radius 3 is 2.95 bits per heavy atom. The molecule has 2 saturated carbocycles. The van der Waals surface area contributed by atoms with Crippen LogP contribution >= 0.6 is 0 Å². The second-order valence-corrected chi connectivity index (χ2v) is 7.55. The predicted octanol–water partition coefficient (Wildman–Crippen LogP) is 4.29. The number of ketones is 1. The van der Waals surface area contributed by atoms with E-state index in [0.717, 1.165) is 36.5 Å². The van der Waals surface area contributed by atoms with Gasteiger partial charge in [-0.15, -0.1) is 0 Å². The summed E-state index contributed by atoms with van der Waals surface area (Å²) in [7, 11) is 0. The molecule has 0 spiro atoms. The Labute approximate surface area is 116 Å². The van der Waals surface area contributed by atoms with Crippen molar-refractivity contribution in [1.82, 2.24) is 0 Å². The first kappa shape index (κ1) is 11.9. The van der Waals surface area contributed by atoms with E-state index in [4.69, 9.17) is 0 Å². The van der Waals surface area contributed by atoms with Crippen LogP contribution in [0.4, 0.5) is 0 Å². The van der Waals surface area contributed by atoms with E-state index in [0.29, 0.717) is 11.2 Å². The Balaban J connectivity index is 1.65. The van der Waals surface area contributed by atoms with Crippen LogP contribution in [0.1, 0.15) is 51.9 Å². The molecule has 102 valence electrons. The fraction of sp³-hybridized carbons (Fsp3) is 0.722. The molecule has 4 aliphatic rings. The van der Waals surface area contributed by atoms with E-state index in [9.17, 15) is 4.79 Å². The van der Waals surface area contributed by atoms with Gasteiger partial charge < -0.3 is 0 Å². The van der Waals surface area contributed by atoms with Crippen molar-refractivity contribution in [3.05, 3.63) is 23.8 Å². The Hall–Kier alpha value is -0.850. The summed E-state index contributed by atoms with van der Waals surface area (Å²) in [6.45, 7) is 2.50. The van der Waals surface area contributed by atoms with E-state index in [1.54, 1.807) is 0 Å². The topological polar surface area (TPSA) is 17.1 Å². The fourth-order valence-corrected chi connectivity index (χ4v) is 5.60. The lowest BCUT2D eigenvalue weighted by Gasteiger charge is -2.52. The van der Waals surface area contributed by atoms with Crippen LogP contribution < -0.4 is 0 Å². The molecule has 0 amide bonds. The smallest absolute Gasteiger partial charge is 0.155 e. The molecular formula is C18H24O. The molecule has 4 rings (SSSR count). The van der Waals surface area contributed by atoms with Crippen molar-refractivity contribution in [3.63, 3.8) is 0 Å². The minimum Gasteiger partial charge on any atom is -0.295 e. The maximum Gasteiger partial charge on any atom is 0.155 e. The maximum atomic E-state index is 11.6. The van der Waals surface area contributed by atoms with Crippen LogP contribution in [0.3, 0.4) is 0 Å². The summed E-state index contributed by atoms with van der Waals surface area (Å²) in [6.07, 6.45) is 15.5. The van der Waals surface area contributed by atoms with E-state index >= 15 is 0 Å². The summed E-state index contributed by atoms with van der Waals surface area (Å²) in [5.41, 5.74) is 2.07. The van der Waals surface area contributed by atoms with Crippen LogP contribution in [0.2, 0.25) is 0 Å². The highest BCUT2D eigenvalue weighted by Gasteiger charge is 2.50. The van der Waals surface area contributed by atoms with Crippen molar-refractivity contribution >= 4 is 5.78 Å². The number of fused-ring (bicyclic) bond motifs is 5. The second-order valence-electron chi connectivity index (χ2n) is 7.55. The highest BCUT2D eigenvalue weighted by Crippen LogP contribution is 2.59. The average molecular weight is 256 g/mol. The van der Waals surface area contributed by atoms with Crippen LogP contribution in [0.25, 0.3) is 0 Å². The summed E-state index contributed by atoms with van der Waals surface area (Å²) in [4.78, 5) is 11.6. The van der Waals surface area contributed by atoms with Gasteiger partial charge in [-0.05, 0) is 73.7 Å².